The van der Waals surface area contributed by atoms with Crippen LogP contribution in [0.4, 0.5) is 5.82 Å². The second-order valence-corrected chi connectivity index (χ2v) is 5.71. The Morgan fingerprint density at radius 2 is 2.30 bits per heavy atom. The zero-order chi connectivity index (χ0) is 16.1. The summed E-state index contributed by atoms with van der Waals surface area (Å²) in [6.45, 7) is 2.08. The standard InChI is InChI=1S/C16H21N5O2/c22-14-5-2-8-20(11-14)16-13(4-1-6-17-16)10-18-15(23)12-21-9-3-7-19-21/h1,3-4,6-7,9,14,22H,2,5,8,10-12H2,(H,18,23). The molecule has 0 spiro atoms. The van der Waals surface area contributed by atoms with Gasteiger partial charge in [0.2, 0.25) is 5.91 Å². The predicted molar refractivity (Wildman–Crippen MR) is 85.8 cm³/mol. The van der Waals surface area contributed by atoms with Crippen LogP contribution in [0.1, 0.15) is 18.4 Å². The van der Waals surface area contributed by atoms with Gasteiger partial charge in [0.05, 0.1) is 6.10 Å². The van der Waals surface area contributed by atoms with Crippen molar-refractivity contribution in [2.45, 2.75) is 32.0 Å². The van der Waals surface area contributed by atoms with Crippen molar-refractivity contribution in [2.75, 3.05) is 18.0 Å². The Balaban J connectivity index is 1.62. The summed E-state index contributed by atoms with van der Waals surface area (Å²) >= 11 is 0. The number of β-amino-alcohol motifs (C(OH)–C–C–N with tert-alkyl or cyclic N) is 1. The van der Waals surface area contributed by atoms with E-state index in [0.717, 1.165) is 30.8 Å². The van der Waals surface area contributed by atoms with Gasteiger partial charge in [-0.25, -0.2) is 4.98 Å². The van der Waals surface area contributed by atoms with Gasteiger partial charge in [0, 0.05) is 43.8 Å². The van der Waals surface area contributed by atoms with Crippen molar-refractivity contribution < 1.29 is 9.90 Å². The summed E-state index contributed by atoms with van der Waals surface area (Å²) in [6.07, 6.45) is 6.61. The molecule has 0 radical (unpaired) electrons. The number of piperidine rings is 1. The number of aliphatic hydroxyl groups excluding tert-OH is 1. The molecule has 0 saturated carbocycles. The Kier molecular flexibility index (Phi) is 4.87. The topological polar surface area (TPSA) is 83.3 Å². The van der Waals surface area contributed by atoms with Gasteiger partial charge in [0.15, 0.2) is 0 Å². The third-order valence-electron chi connectivity index (χ3n) is 3.90. The fourth-order valence-corrected chi connectivity index (χ4v) is 2.79. The van der Waals surface area contributed by atoms with Crippen LogP contribution in [0.3, 0.4) is 0 Å². The Bertz CT molecular complexity index is 644. The van der Waals surface area contributed by atoms with Gasteiger partial charge < -0.3 is 15.3 Å². The molecule has 2 aromatic heterocycles. The highest BCUT2D eigenvalue weighted by atomic mass is 16.3. The van der Waals surface area contributed by atoms with E-state index in [4.69, 9.17) is 0 Å². The van der Waals surface area contributed by atoms with Crippen LogP contribution in [0.25, 0.3) is 0 Å². The second kappa shape index (κ2) is 7.23. The summed E-state index contributed by atoms with van der Waals surface area (Å²) in [5.74, 6) is 0.743. The molecule has 1 amide bonds. The average Bonchev–Trinajstić information content (AvgIpc) is 3.06. The highest BCUT2D eigenvalue weighted by molar-refractivity contribution is 5.75. The van der Waals surface area contributed by atoms with Gasteiger partial charge in [-0.3, -0.25) is 9.48 Å². The van der Waals surface area contributed by atoms with E-state index in [1.807, 2.05) is 12.1 Å². The van der Waals surface area contributed by atoms with Crippen molar-refractivity contribution >= 4 is 11.7 Å². The first-order valence-corrected chi connectivity index (χ1v) is 7.83. The number of rotatable bonds is 5. The van der Waals surface area contributed by atoms with Crippen LogP contribution in [0.2, 0.25) is 0 Å². The number of aromatic nitrogens is 3. The summed E-state index contributed by atoms with van der Waals surface area (Å²) in [7, 11) is 0. The van der Waals surface area contributed by atoms with Crippen molar-refractivity contribution in [3.05, 3.63) is 42.4 Å². The summed E-state index contributed by atoms with van der Waals surface area (Å²) in [6, 6.07) is 5.60. The number of carbonyl (C=O) groups is 1. The molecule has 122 valence electrons. The molecule has 3 rings (SSSR count). The van der Waals surface area contributed by atoms with Crippen molar-refractivity contribution in [3.63, 3.8) is 0 Å². The highest BCUT2D eigenvalue weighted by Crippen LogP contribution is 2.21. The number of hydrogen-bond donors (Lipinski definition) is 2. The van der Waals surface area contributed by atoms with Crippen LogP contribution >= 0.6 is 0 Å². The Hall–Kier alpha value is -2.41. The molecule has 1 saturated heterocycles. The van der Waals surface area contributed by atoms with E-state index in [0.29, 0.717) is 13.1 Å². The van der Waals surface area contributed by atoms with Crippen LogP contribution < -0.4 is 10.2 Å². The summed E-state index contributed by atoms with van der Waals surface area (Å²) in [5.41, 5.74) is 0.954. The number of carbonyl (C=O) groups excluding carboxylic acids is 1. The van der Waals surface area contributed by atoms with Gasteiger partial charge in [0.1, 0.15) is 12.4 Å². The molecule has 7 heteroatoms. The maximum atomic E-state index is 12.0. The molecule has 0 aromatic carbocycles. The lowest BCUT2D eigenvalue weighted by Gasteiger charge is -2.32. The first kappa shape index (κ1) is 15.5. The first-order valence-electron chi connectivity index (χ1n) is 7.83. The number of hydrogen-bond acceptors (Lipinski definition) is 5. The maximum Gasteiger partial charge on any atom is 0.241 e. The molecule has 1 aliphatic heterocycles. The first-order chi connectivity index (χ1) is 11.2. The van der Waals surface area contributed by atoms with E-state index in [9.17, 15) is 9.90 Å². The zero-order valence-electron chi connectivity index (χ0n) is 12.9. The number of anilines is 1. The molecule has 1 atom stereocenters. The average molecular weight is 315 g/mol. The minimum Gasteiger partial charge on any atom is -0.391 e. The van der Waals surface area contributed by atoms with E-state index < -0.39 is 0 Å². The Morgan fingerprint density at radius 3 is 3.09 bits per heavy atom. The van der Waals surface area contributed by atoms with Crippen LogP contribution in [-0.4, -0.2) is 45.0 Å². The summed E-state index contributed by atoms with van der Waals surface area (Å²) < 4.78 is 1.58. The van der Waals surface area contributed by atoms with Gasteiger partial charge in [0.25, 0.3) is 0 Å². The zero-order valence-corrected chi connectivity index (χ0v) is 12.9. The van der Waals surface area contributed by atoms with Crippen LogP contribution in [0.5, 0.6) is 0 Å². The van der Waals surface area contributed by atoms with Gasteiger partial charge in [-0.15, -0.1) is 0 Å². The monoisotopic (exact) mass is 315 g/mol. The van der Waals surface area contributed by atoms with E-state index >= 15 is 0 Å². The molecule has 0 bridgehead atoms. The molecule has 3 heterocycles. The predicted octanol–water partition coefficient (Wildman–Crippen LogP) is 0.556. The molecule has 2 N–H and O–H groups in total. The lowest BCUT2D eigenvalue weighted by molar-refractivity contribution is -0.122. The summed E-state index contributed by atoms with van der Waals surface area (Å²) in [4.78, 5) is 18.5. The quantitative estimate of drug-likeness (QED) is 0.842. The van der Waals surface area contributed by atoms with E-state index in [2.05, 4.69) is 20.3 Å². The van der Waals surface area contributed by atoms with E-state index in [-0.39, 0.29) is 18.6 Å². The fourth-order valence-electron chi connectivity index (χ4n) is 2.79. The third-order valence-corrected chi connectivity index (χ3v) is 3.90. The smallest absolute Gasteiger partial charge is 0.241 e. The second-order valence-electron chi connectivity index (χ2n) is 5.71. The number of nitrogens with one attached hydrogen (secondary N) is 1. The molecule has 0 aliphatic carbocycles. The van der Waals surface area contributed by atoms with Gasteiger partial charge in [-0.2, -0.15) is 5.10 Å². The number of nitrogens with zero attached hydrogens (tertiary/aromatic N) is 4. The number of amides is 1. The Morgan fingerprint density at radius 1 is 1.39 bits per heavy atom. The normalized spacial score (nSPS) is 18.0. The summed E-state index contributed by atoms with van der Waals surface area (Å²) in [5, 5.41) is 16.8. The molecular weight excluding hydrogens is 294 g/mol. The SMILES string of the molecule is O=C(Cn1cccn1)NCc1cccnc1N1CCCC(O)C1. The number of aliphatic hydroxyl groups is 1. The minimum absolute atomic E-state index is 0.0952. The van der Waals surface area contributed by atoms with Crippen molar-refractivity contribution in [1.82, 2.24) is 20.1 Å². The van der Waals surface area contributed by atoms with Gasteiger partial charge >= 0.3 is 0 Å². The lowest BCUT2D eigenvalue weighted by atomic mass is 10.1. The Labute approximate surface area is 134 Å². The van der Waals surface area contributed by atoms with E-state index in [1.165, 1.54) is 0 Å². The molecule has 1 fully saturated rings. The fraction of sp³-hybridized carbons (Fsp3) is 0.438. The lowest BCUT2D eigenvalue weighted by Crippen LogP contribution is -2.39. The third kappa shape index (κ3) is 4.07. The van der Waals surface area contributed by atoms with Gasteiger partial charge in [-0.1, -0.05) is 6.07 Å². The van der Waals surface area contributed by atoms with Crippen LogP contribution in [0.15, 0.2) is 36.8 Å². The molecule has 23 heavy (non-hydrogen) atoms. The highest BCUT2D eigenvalue weighted by Gasteiger charge is 2.20. The van der Waals surface area contributed by atoms with Crippen LogP contribution in [-0.2, 0) is 17.9 Å². The van der Waals surface area contributed by atoms with Crippen LogP contribution in [0, 0.1) is 0 Å². The maximum absolute atomic E-state index is 12.0. The van der Waals surface area contributed by atoms with Crippen molar-refractivity contribution in [3.8, 4) is 0 Å². The molecular formula is C16H21N5O2. The molecule has 2 aromatic rings. The number of pyridine rings is 1. The van der Waals surface area contributed by atoms with Crippen molar-refractivity contribution in [1.29, 1.82) is 0 Å². The molecule has 1 aliphatic rings. The van der Waals surface area contributed by atoms with Gasteiger partial charge in [-0.05, 0) is 25.0 Å². The largest absolute Gasteiger partial charge is 0.391 e. The van der Waals surface area contributed by atoms with Crippen molar-refractivity contribution in [2.24, 2.45) is 0 Å². The molecule has 7 nitrogen and oxygen atoms in total. The van der Waals surface area contributed by atoms with E-state index in [1.54, 1.807) is 29.3 Å². The minimum atomic E-state index is -0.312. The molecule has 1 unspecified atom stereocenters.